The van der Waals surface area contributed by atoms with Crippen LogP contribution in [0.25, 0.3) is 22.6 Å². The predicted octanol–water partition coefficient (Wildman–Crippen LogP) is 3.75. The number of nitrogens with zero attached hydrogens (tertiary/aromatic N) is 3. The van der Waals surface area contributed by atoms with Crippen LogP contribution in [0.5, 0.6) is 0 Å². The third-order valence-electron chi connectivity index (χ3n) is 3.27. The molecule has 0 aliphatic rings. The van der Waals surface area contributed by atoms with Gasteiger partial charge in [0.25, 0.3) is 0 Å². The molecular formula is C15H14Cl2N4. The molecule has 108 valence electrons. The van der Waals surface area contributed by atoms with Crippen LogP contribution in [0.4, 0.5) is 0 Å². The molecule has 0 bridgehead atoms. The van der Waals surface area contributed by atoms with Crippen molar-refractivity contribution < 1.29 is 0 Å². The van der Waals surface area contributed by atoms with E-state index in [0.717, 1.165) is 35.5 Å². The van der Waals surface area contributed by atoms with Crippen molar-refractivity contribution in [2.24, 2.45) is 5.73 Å². The van der Waals surface area contributed by atoms with Gasteiger partial charge in [-0.2, -0.15) is 0 Å². The first-order chi connectivity index (χ1) is 10.2. The van der Waals surface area contributed by atoms with Crippen LogP contribution in [0.1, 0.15) is 6.42 Å². The van der Waals surface area contributed by atoms with E-state index in [0.29, 0.717) is 16.6 Å². The lowest BCUT2D eigenvalue weighted by atomic mass is 10.3. The largest absolute Gasteiger partial charge is 0.330 e. The zero-order valence-corrected chi connectivity index (χ0v) is 12.8. The number of nitrogens with two attached hydrogens (primary N) is 1. The van der Waals surface area contributed by atoms with Crippen LogP contribution in [-0.2, 0) is 6.54 Å². The second kappa shape index (κ2) is 6.02. The highest BCUT2D eigenvalue weighted by Gasteiger charge is 2.14. The average molecular weight is 321 g/mol. The maximum absolute atomic E-state index is 6.14. The molecule has 0 aliphatic heterocycles. The summed E-state index contributed by atoms with van der Waals surface area (Å²) in [5, 5.41) is 1.02. The van der Waals surface area contributed by atoms with E-state index in [1.165, 1.54) is 0 Å². The van der Waals surface area contributed by atoms with E-state index in [-0.39, 0.29) is 0 Å². The molecule has 0 spiro atoms. The minimum absolute atomic E-state index is 0.500. The number of benzene rings is 1. The Hall–Kier alpha value is -1.62. The Bertz CT molecular complexity index is 768. The van der Waals surface area contributed by atoms with Crippen LogP contribution in [0.15, 0.2) is 36.5 Å². The van der Waals surface area contributed by atoms with Gasteiger partial charge in [0.2, 0.25) is 0 Å². The van der Waals surface area contributed by atoms with Crippen LogP contribution >= 0.6 is 23.2 Å². The fourth-order valence-corrected chi connectivity index (χ4v) is 2.60. The number of rotatable bonds is 4. The molecule has 3 rings (SSSR count). The van der Waals surface area contributed by atoms with Crippen molar-refractivity contribution in [2.45, 2.75) is 13.0 Å². The van der Waals surface area contributed by atoms with Crippen molar-refractivity contribution in [3.63, 3.8) is 0 Å². The summed E-state index contributed by atoms with van der Waals surface area (Å²) in [5.74, 6) is 0.803. The Labute approximate surface area is 132 Å². The Morgan fingerprint density at radius 2 is 1.95 bits per heavy atom. The van der Waals surface area contributed by atoms with Crippen molar-refractivity contribution >= 4 is 34.2 Å². The summed E-state index contributed by atoms with van der Waals surface area (Å²) in [5.41, 5.74) is 8.20. The normalized spacial score (nSPS) is 11.2. The van der Waals surface area contributed by atoms with Crippen LogP contribution in [0.2, 0.25) is 10.0 Å². The van der Waals surface area contributed by atoms with Crippen molar-refractivity contribution in [1.82, 2.24) is 14.5 Å². The minimum atomic E-state index is 0.500. The number of aromatic nitrogens is 3. The van der Waals surface area contributed by atoms with Crippen molar-refractivity contribution in [2.75, 3.05) is 6.54 Å². The summed E-state index contributed by atoms with van der Waals surface area (Å²) < 4.78 is 2.09. The van der Waals surface area contributed by atoms with E-state index in [1.807, 2.05) is 24.3 Å². The summed E-state index contributed by atoms with van der Waals surface area (Å²) >= 11 is 12.2. The standard InChI is InChI=1S/C15H14Cl2N4/c16-10-8-13-14(9-11(10)17)21(7-3-5-18)15(20-13)12-4-1-2-6-19-12/h1-2,4,6,8-9H,3,5,7,18H2. The van der Waals surface area contributed by atoms with Crippen LogP contribution in [0.3, 0.4) is 0 Å². The van der Waals surface area contributed by atoms with Gasteiger partial charge in [-0.15, -0.1) is 0 Å². The van der Waals surface area contributed by atoms with E-state index < -0.39 is 0 Å². The molecule has 0 saturated heterocycles. The first-order valence-electron chi connectivity index (χ1n) is 6.67. The maximum atomic E-state index is 6.14. The highest BCUT2D eigenvalue weighted by molar-refractivity contribution is 6.42. The summed E-state index contributed by atoms with van der Waals surface area (Å²) in [4.78, 5) is 9.03. The number of hydrogen-bond donors (Lipinski definition) is 1. The van der Waals surface area contributed by atoms with E-state index in [1.54, 1.807) is 12.3 Å². The fraction of sp³-hybridized carbons (Fsp3) is 0.200. The number of pyridine rings is 1. The number of fused-ring (bicyclic) bond motifs is 1. The summed E-state index contributed by atoms with van der Waals surface area (Å²) in [6.07, 6.45) is 2.60. The molecule has 3 aromatic rings. The lowest BCUT2D eigenvalue weighted by Gasteiger charge is -2.08. The average Bonchev–Trinajstić information content (AvgIpc) is 2.84. The van der Waals surface area contributed by atoms with Gasteiger partial charge in [-0.25, -0.2) is 4.98 Å². The second-order valence-electron chi connectivity index (χ2n) is 4.70. The first kappa shape index (κ1) is 14.3. The van der Waals surface area contributed by atoms with Crippen LogP contribution in [0, 0.1) is 0 Å². The number of imidazole rings is 1. The highest BCUT2D eigenvalue weighted by atomic mass is 35.5. The molecule has 2 heterocycles. The molecule has 0 atom stereocenters. The smallest absolute Gasteiger partial charge is 0.159 e. The molecule has 6 heteroatoms. The fourth-order valence-electron chi connectivity index (χ4n) is 2.29. The second-order valence-corrected chi connectivity index (χ2v) is 5.51. The van der Waals surface area contributed by atoms with E-state index >= 15 is 0 Å². The molecule has 2 N–H and O–H groups in total. The zero-order valence-electron chi connectivity index (χ0n) is 11.3. The molecule has 0 radical (unpaired) electrons. The van der Waals surface area contributed by atoms with Gasteiger partial charge in [0, 0.05) is 12.7 Å². The SMILES string of the molecule is NCCCn1c(-c2ccccn2)nc2cc(Cl)c(Cl)cc21. The highest BCUT2D eigenvalue weighted by Crippen LogP contribution is 2.30. The summed E-state index contributed by atoms with van der Waals surface area (Å²) in [6.45, 7) is 1.37. The minimum Gasteiger partial charge on any atom is -0.330 e. The van der Waals surface area contributed by atoms with Gasteiger partial charge < -0.3 is 10.3 Å². The Balaban J connectivity index is 2.22. The lowest BCUT2D eigenvalue weighted by Crippen LogP contribution is -2.07. The Morgan fingerprint density at radius 3 is 2.67 bits per heavy atom. The van der Waals surface area contributed by atoms with Gasteiger partial charge in [-0.1, -0.05) is 29.3 Å². The van der Waals surface area contributed by atoms with Gasteiger partial charge >= 0.3 is 0 Å². The Kier molecular flexibility index (Phi) is 4.10. The topological polar surface area (TPSA) is 56.7 Å². The van der Waals surface area contributed by atoms with Gasteiger partial charge in [0.1, 0.15) is 5.69 Å². The molecule has 0 saturated carbocycles. The van der Waals surface area contributed by atoms with E-state index in [2.05, 4.69) is 14.5 Å². The third kappa shape index (κ3) is 2.75. The van der Waals surface area contributed by atoms with E-state index in [4.69, 9.17) is 28.9 Å². The molecule has 1 aromatic carbocycles. The van der Waals surface area contributed by atoms with Crippen molar-refractivity contribution in [1.29, 1.82) is 0 Å². The van der Waals surface area contributed by atoms with Crippen LogP contribution < -0.4 is 5.73 Å². The molecule has 0 amide bonds. The van der Waals surface area contributed by atoms with Crippen molar-refractivity contribution in [3.8, 4) is 11.5 Å². The van der Waals surface area contributed by atoms with E-state index in [9.17, 15) is 0 Å². The molecule has 21 heavy (non-hydrogen) atoms. The summed E-state index contributed by atoms with van der Waals surface area (Å²) in [7, 11) is 0. The van der Waals surface area contributed by atoms with Gasteiger partial charge in [-0.05, 0) is 37.2 Å². The Morgan fingerprint density at radius 1 is 1.14 bits per heavy atom. The molecule has 4 nitrogen and oxygen atoms in total. The number of halogens is 2. The molecule has 0 aliphatic carbocycles. The summed E-state index contributed by atoms with van der Waals surface area (Å²) in [6, 6.07) is 9.38. The number of aryl methyl sites for hydroxylation is 1. The lowest BCUT2D eigenvalue weighted by molar-refractivity contribution is 0.670. The molecular weight excluding hydrogens is 307 g/mol. The van der Waals surface area contributed by atoms with Gasteiger partial charge in [-0.3, -0.25) is 4.98 Å². The monoisotopic (exact) mass is 320 g/mol. The maximum Gasteiger partial charge on any atom is 0.159 e. The third-order valence-corrected chi connectivity index (χ3v) is 3.99. The molecule has 0 fully saturated rings. The zero-order chi connectivity index (χ0) is 14.8. The van der Waals surface area contributed by atoms with Gasteiger partial charge in [0.05, 0.1) is 21.1 Å². The number of hydrogen-bond acceptors (Lipinski definition) is 3. The quantitative estimate of drug-likeness (QED) is 0.796. The first-order valence-corrected chi connectivity index (χ1v) is 7.43. The van der Waals surface area contributed by atoms with Gasteiger partial charge in [0.15, 0.2) is 5.82 Å². The van der Waals surface area contributed by atoms with Crippen LogP contribution in [-0.4, -0.2) is 21.1 Å². The predicted molar refractivity (Wildman–Crippen MR) is 86.7 cm³/mol. The molecule has 0 unspecified atom stereocenters. The molecule has 2 aromatic heterocycles. The van der Waals surface area contributed by atoms with Crippen molar-refractivity contribution in [3.05, 3.63) is 46.6 Å².